The topological polar surface area (TPSA) is 70.3 Å². The number of thiophene rings is 1. The molecule has 0 atom stereocenters. The third-order valence-corrected chi connectivity index (χ3v) is 5.36. The third-order valence-electron chi connectivity index (χ3n) is 3.12. The molecule has 0 saturated carbocycles. The summed E-state index contributed by atoms with van der Waals surface area (Å²) in [5.74, 6) is -0.456. The van der Waals surface area contributed by atoms with Gasteiger partial charge in [0.2, 0.25) is 0 Å². The molecule has 8 heteroatoms. The molecule has 0 unspecified atom stereocenters. The summed E-state index contributed by atoms with van der Waals surface area (Å²) in [7, 11) is 2.88. The molecule has 0 aliphatic rings. The van der Waals surface area contributed by atoms with Gasteiger partial charge in [0, 0.05) is 13.6 Å². The highest BCUT2D eigenvalue weighted by Crippen LogP contribution is 2.31. The number of aryl methyl sites for hydroxylation is 2. The van der Waals surface area contributed by atoms with E-state index < -0.39 is 11.7 Å². The molecule has 0 aliphatic heterocycles. The smallest absolute Gasteiger partial charge is 0.331 e. The van der Waals surface area contributed by atoms with Gasteiger partial charge in [-0.1, -0.05) is 0 Å². The van der Waals surface area contributed by atoms with E-state index in [-0.39, 0.29) is 18.5 Å². The zero-order chi connectivity index (χ0) is 15.0. The maximum Gasteiger partial charge on any atom is 0.331 e. The van der Waals surface area contributed by atoms with Gasteiger partial charge in [0.15, 0.2) is 0 Å². The summed E-state index contributed by atoms with van der Waals surface area (Å²) in [5, 5.41) is 0.508. The number of nitrogens with zero attached hydrogens (tertiary/aromatic N) is 2. The number of esters is 1. The summed E-state index contributed by atoms with van der Waals surface area (Å²) >= 11 is 4.73. The largest absolute Gasteiger partial charge is 0.469 e. The SMILES string of the molecule is COC(=O)CCn1c(=O)c2c(C)c(Br)sc2n(C)c1=O. The molecule has 0 amide bonds. The van der Waals surface area contributed by atoms with Crippen LogP contribution in [-0.2, 0) is 23.1 Å². The molecule has 0 fully saturated rings. The van der Waals surface area contributed by atoms with E-state index in [1.165, 1.54) is 23.0 Å². The van der Waals surface area contributed by atoms with Crippen molar-refractivity contribution >= 4 is 43.5 Å². The van der Waals surface area contributed by atoms with Crippen LogP contribution in [0.1, 0.15) is 12.0 Å². The van der Waals surface area contributed by atoms with Crippen molar-refractivity contribution in [2.24, 2.45) is 7.05 Å². The summed E-state index contributed by atoms with van der Waals surface area (Å²) < 4.78 is 7.85. The molecule has 2 heterocycles. The summed E-state index contributed by atoms with van der Waals surface area (Å²) in [6.45, 7) is 1.83. The molecule has 0 bridgehead atoms. The fourth-order valence-corrected chi connectivity index (χ4v) is 3.59. The standard InChI is InChI=1S/C12H13BrN2O4S/c1-6-8-10(17)15(5-4-7(16)19-3)12(18)14(2)11(8)20-9(6)13/h4-5H2,1-3H3. The first kappa shape index (κ1) is 15.0. The van der Waals surface area contributed by atoms with E-state index in [4.69, 9.17) is 0 Å². The van der Waals surface area contributed by atoms with Crippen molar-refractivity contribution in [3.8, 4) is 0 Å². The number of ether oxygens (including phenoxy) is 1. The van der Waals surface area contributed by atoms with Gasteiger partial charge < -0.3 is 4.74 Å². The van der Waals surface area contributed by atoms with Crippen molar-refractivity contribution in [3.05, 3.63) is 30.2 Å². The molecule has 2 rings (SSSR count). The Bertz CT molecular complexity index is 802. The summed E-state index contributed by atoms with van der Waals surface area (Å²) in [6.07, 6.45) is -0.0124. The number of hydrogen-bond donors (Lipinski definition) is 0. The molecular formula is C12H13BrN2O4S. The first-order valence-electron chi connectivity index (χ1n) is 5.83. The van der Waals surface area contributed by atoms with Crippen LogP contribution < -0.4 is 11.2 Å². The van der Waals surface area contributed by atoms with Crippen molar-refractivity contribution in [3.63, 3.8) is 0 Å². The minimum Gasteiger partial charge on any atom is -0.469 e. The summed E-state index contributed by atoms with van der Waals surface area (Å²) in [5.41, 5.74) is 0.00373. The molecule has 0 aliphatic carbocycles. The Hall–Kier alpha value is -1.41. The number of rotatable bonds is 3. The second-order valence-corrected chi connectivity index (χ2v) is 6.62. The van der Waals surface area contributed by atoms with Crippen molar-refractivity contribution in [2.75, 3.05) is 7.11 Å². The fourth-order valence-electron chi connectivity index (χ4n) is 1.95. The van der Waals surface area contributed by atoms with E-state index >= 15 is 0 Å². The summed E-state index contributed by atoms with van der Waals surface area (Å²) in [6, 6.07) is 0. The molecule has 20 heavy (non-hydrogen) atoms. The van der Waals surface area contributed by atoms with E-state index in [0.29, 0.717) is 10.2 Å². The summed E-state index contributed by atoms with van der Waals surface area (Å²) in [4.78, 5) is 36.4. The van der Waals surface area contributed by atoms with Crippen LogP contribution >= 0.6 is 27.3 Å². The zero-order valence-corrected chi connectivity index (χ0v) is 13.6. The highest BCUT2D eigenvalue weighted by Gasteiger charge is 2.17. The minimum atomic E-state index is -0.456. The number of halogens is 1. The van der Waals surface area contributed by atoms with Gasteiger partial charge in [0.05, 0.1) is 22.7 Å². The Labute approximate surface area is 126 Å². The Morgan fingerprint density at radius 1 is 1.40 bits per heavy atom. The molecule has 0 radical (unpaired) electrons. The molecule has 2 aromatic rings. The van der Waals surface area contributed by atoms with Gasteiger partial charge in [0.1, 0.15) is 4.83 Å². The second kappa shape index (κ2) is 5.53. The normalized spacial score (nSPS) is 11.0. The lowest BCUT2D eigenvalue weighted by molar-refractivity contribution is -0.140. The van der Waals surface area contributed by atoms with Crippen molar-refractivity contribution in [2.45, 2.75) is 19.9 Å². The number of aromatic nitrogens is 2. The quantitative estimate of drug-likeness (QED) is 0.775. The Balaban J connectivity index is 2.67. The van der Waals surface area contributed by atoms with Crippen LogP contribution in [0.2, 0.25) is 0 Å². The number of carbonyl (C=O) groups is 1. The van der Waals surface area contributed by atoms with Crippen LogP contribution in [0.5, 0.6) is 0 Å². The van der Waals surface area contributed by atoms with Gasteiger partial charge in [-0.2, -0.15) is 0 Å². The molecular weight excluding hydrogens is 348 g/mol. The minimum absolute atomic E-state index is 0.0124. The lowest BCUT2D eigenvalue weighted by Gasteiger charge is -2.07. The van der Waals surface area contributed by atoms with Crippen LogP contribution in [-0.4, -0.2) is 22.2 Å². The predicted octanol–water partition coefficient (Wildman–Crippen LogP) is 1.40. The maximum atomic E-state index is 12.4. The molecule has 0 spiro atoms. The van der Waals surface area contributed by atoms with Crippen molar-refractivity contribution < 1.29 is 9.53 Å². The van der Waals surface area contributed by atoms with Crippen LogP contribution in [0.3, 0.4) is 0 Å². The van der Waals surface area contributed by atoms with E-state index in [0.717, 1.165) is 13.9 Å². The van der Waals surface area contributed by atoms with Gasteiger partial charge in [-0.3, -0.25) is 18.7 Å². The Morgan fingerprint density at radius 2 is 2.05 bits per heavy atom. The average Bonchev–Trinajstić information content (AvgIpc) is 2.72. The van der Waals surface area contributed by atoms with E-state index in [2.05, 4.69) is 20.7 Å². The van der Waals surface area contributed by atoms with E-state index in [9.17, 15) is 14.4 Å². The predicted molar refractivity (Wildman–Crippen MR) is 80.4 cm³/mol. The van der Waals surface area contributed by atoms with Gasteiger partial charge >= 0.3 is 11.7 Å². The Morgan fingerprint density at radius 3 is 2.65 bits per heavy atom. The second-order valence-electron chi connectivity index (χ2n) is 4.31. The number of carbonyl (C=O) groups excluding carboxylic acids is 1. The van der Waals surface area contributed by atoms with E-state index in [1.807, 2.05) is 6.92 Å². The average molecular weight is 361 g/mol. The van der Waals surface area contributed by atoms with Gasteiger partial charge in [-0.15, -0.1) is 11.3 Å². The van der Waals surface area contributed by atoms with Crippen LogP contribution in [0.15, 0.2) is 13.4 Å². The van der Waals surface area contributed by atoms with Gasteiger partial charge in [-0.25, -0.2) is 4.79 Å². The van der Waals surface area contributed by atoms with Crippen molar-refractivity contribution in [1.29, 1.82) is 0 Å². The third kappa shape index (κ3) is 2.33. The first-order valence-corrected chi connectivity index (χ1v) is 7.44. The molecule has 6 nitrogen and oxygen atoms in total. The number of fused-ring (bicyclic) bond motifs is 1. The monoisotopic (exact) mass is 360 g/mol. The van der Waals surface area contributed by atoms with Crippen molar-refractivity contribution in [1.82, 2.24) is 9.13 Å². The number of methoxy groups -OCH3 is 1. The molecule has 0 saturated heterocycles. The molecule has 0 aromatic carbocycles. The Kier molecular flexibility index (Phi) is 4.14. The van der Waals surface area contributed by atoms with Crippen LogP contribution in [0.25, 0.3) is 10.2 Å². The molecule has 2 aromatic heterocycles. The van der Waals surface area contributed by atoms with Crippen LogP contribution in [0.4, 0.5) is 0 Å². The lowest BCUT2D eigenvalue weighted by Crippen LogP contribution is -2.39. The lowest BCUT2D eigenvalue weighted by atomic mass is 10.2. The highest BCUT2D eigenvalue weighted by molar-refractivity contribution is 9.11. The van der Waals surface area contributed by atoms with E-state index in [1.54, 1.807) is 7.05 Å². The van der Waals surface area contributed by atoms with Crippen LogP contribution in [0, 0.1) is 6.92 Å². The maximum absolute atomic E-state index is 12.4. The zero-order valence-electron chi connectivity index (χ0n) is 11.2. The molecule has 108 valence electrons. The molecule has 0 N–H and O–H groups in total. The fraction of sp³-hybridized carbons (Fsp3) is 0.417. The number of hydrogen-bond acceptors (Lipinski definition) is 5. The highest BCUT2D eigenvalue weighted by atomic mass is 79.9. The van der Waals surface area contributed by atoms with Gasteiger partial charge in [0.25, 0.3) is 5.56 Å². The van der Waals surface area contributed by atoms with Gasteiger partial charge in [-0.05, 0) is 28.4 Å². The first-order chi connectivity index (χ1) is 9.38.